The third-order valence-electron chi connectivity index (χ3n) is 8.40. The molecule has 1 rings (SSSR count). The molecule has 0 saturated carbocycles. The van der Waals surface area contributed by atoms with Crippen molar-refractivity contribution < 1.29 is 61.8 Å². The zero-order chi connectivity index (χ0) is 44.8. The first-order chi connectivity index (χ1) is 29.6. The molecule has 0 aliphatic heterocycles. The number of ether oxygens (including phenoxy) is 10. The molecule has 0 radical (unpaired) electrons. The number of rotatable bonds is 41. The molecule has 0 saturated heterocycles. The smallest absolute Gasteiger partial charge is 0.243 e. The molecule has 352 valence electrons. The van der Waals surface area contributed by atoms with E-state index in [4.69, 9.17) is 58.9 Å². The minimum absolute atomic E-state index is 0.138. The number of carbonyl (C=O) groups is 3. The predicted molar refractivity (Wildman–Crippen MR) is 230 cm³/mol. The Balaban J connectivity index is 2.18. The quantitative estimate of drug-likeness (QED) is 0.0357. The van der Waals surface area contributed by atoms with E-state index in [1.165, 1.54) is 5.01 Å². The summed E-state index contributed by atoms with van der Waals surface area (Å²) >= 11 is 0. The fourth-order valence-electron chi connectivity index (χ4n) is 5.18. The minimum atomic E-state index is -0.779. The summed E-state index contributed by atoms with van der Waals surface area (Å²) in [5.41, 5.74) is 9.07. The van der Waals surface area contributed by atoms with E-state index in [0.717, 1.165) is 24.0 Å². The highest BCUT2D eigenvalue weighted by Gasteiger charge is 2.24. The molecule has 0 fully saturated rings. The van der Waals surface area contributed by atoms with Crippen LogP contribution in [0.4, 0.5) is 5.69 Å². The molecule has 61 heavy (non-hydrogen) atoms. The molecular weight excluding hydrogens is 796 g/mol. The lowest BCUT2D eigenvalue weighted by molar-refractivity contribution is -0.131. The van der Waals surface area contributed by atoms with Crippen molar-refractivity contribution in [1.82, 2.24) is 15.6 Å². The minimum Gasteiger partial charge on any atom is -0.399 e. The van der Waals surface area contributed by atoms with E-state index in [9.17, 15) is 14.4 Å². The van der Waals surface area contributed by atoms with Gasteiger partial charge in [0.15, 0.2) is 0 Å². The number of nitrogens with two attached hydrogens (primary N) is 2. The van der Waals surface area contributed by atoms with Gasteiger partial charge in [0, 0.05) is 32.0 Å². The summed E-state index contributed by atoms with van der Waals surface area (Å²) in [7, 11) is 1.64. The molecule has 0 spiro atoms. The van der Waals surface area contributed by atoms with E-state index in [0.29, 0.717) is 124 Å². The summed E-state index contributed by atoms with van der Waals surface area (Å²) in [6.45, 7) is 16.3. The summed E-state index contributed by atoms with van der Waals surface area (Å²) in [5, 5.41) is 9.62. The number of hydrogen-bond donors (Lipinski definition) is 5. The van der Waals surface area contributed by atoms with Crippen LogP contribution in [0.25, 0.3) is 0 Å². The lowest BCUT2D eigenvalue weighted by Gasteiger charge is -2.21. The standard InChI is InChI=1S/C42H76N6O13/c1-6-12-53-13-10-39(49)47-41(34(3)4)42(51)45-30-40(50)46-38-9-8-35(7-2)36(29-38)32-61-33-37(43)31-48(44)11-14-54-17-18-56-21-22-58-25-26-60-28-27-59-24-23-57-20-19-55-16-15-52-5/h8-9,29,31,34,41H,6-7,10-28,30,32-33,43-44H2,1-5H3,(H,45,51)(H,46,50)(H,47,49)/b37-31-. The Morgan fingerprint density at radius 1 is 0.689 bits per heavy atom. The summed E-state index contributed by atoms with van der Waals surface area (Å²) in [6, 6.07) is 4.77. The van der Waals surface area contributed by atoms with Crippen molar-refractivity contribution in [3.63, 3.8) is 0 Å². The van der Waals surface area contributed by atoms with Gasteiger partial charge in [-0.3, -0.25) is 14.4 Å². The lowest BCUT2D eigenvalue weighted by Crippen LogP contribution is -2.51. The Morgan fingerprint density at radius 3 is 1.72 bits per heavy atom. The third kappa shape index (κ3) is 31.1. The second-order valence-electron chi connectivity index (χ2n) is 14.0. The van der Waals surface area contributed by atoms with Crippen molar-refractivity contribution in [2.24, 2.45) is 17.5 Å². The van der Waals surface area contributed by atoms with Gasteiger partial charge in [0.1, 0.15) is 6.04 Å². The predicted octanol–water partition coefficient (Wildman–Crippen LogP) is 1.52. The van der Waals surface area contributed by atoms with Crippen LogP contribution in [0, 0.1) is 5.92 Å². The van der Waals surface area contributed by atoms with Gasteiger partial charge in [0.05, 0.1) is 138 Å². The van der Waals surface area contributed by atoms with Crippen molar-refractivity contribution in [3.05, 3.63) is 41.2 Å². The SMILES string of the molecule is CCCOCCC(=O)NC(C(=O)NCC(=O)Nc1ccc(CC)c(COC/C(N)=C/N(N)CCOCCOCCOCCOCCOCCOCCOCCOC)c1)C(C)C. The van der Waals surface area contributed by atoms with E-state index in [-0.39, 0.29) is 44.6 Å². The summed E-state index contributed by atoms with van der Waals surface area (Å²) in [4.78, 5) is 37.9. The molecule has 0 aromatic heterocycles. The van der Waals surface area contributed by atoms with Crippen LogP contribution in [-0.2, 0) is 74.8 Å². The second kappa shape index (κ2) is 38.2. The number of aryl methyl sites for hydroxylation is 1. The van der Waals surface area contributed by atoms with Gasteiger partial charge in [-0.05, 0) is 42.0 Å². The van der Waals surface area contributed by atoms with Gasteiger partial charge in [0.25, 0.3) is 0 Å². The van der Waals surface area contributed by atoms with E-state index in [1.54, 1.807) is 19.4 Å². The monoisotopic (exact) mass is 873 g/mol. The Kier molecular flexibility index (Phi) is 34.8. The fraction of sp³-hybridized carbons (Fsp3) is 0.738. The topological polar surface area (TPSA) is 235 Å². The Morgan fingerprint density at radius 2 is 1.21 bits per heavy atom. The number of nitrogens with zero attached hydrogens (tertiary/aromatic N) is 1. The van der Waals surface area contributed by atoms with Crippen LogP contribution in [0.5, 0.6) is 0 Å². The summed E-state index contributed by atoms with van der Waals surface area (Å²) in [5.74, 6) is 4.75. The van der Waals surface area contributed by atoms with Crippen LogP contribution >= 0.6 is 0 Å². The summed E-state index contributed by atoms with van der Waals surface area (Å²) < 4.78 is 54.4. The average molecular weight is 873 g/mol. The highest BCUT2D eigenvalue weighted by Crippen LogP contribution is 2.18. The maximum atomic E-state index is 12.8. The molecule has 0 aliphatic rings. The number of nitrogens with one attached hydrogen (secondary N) is 3. The molecule has 1 unspecified atom stereocenters. The van der Waals surface area contributed by atoms with Gasteiger partial charge in [-0.25, -0.2) is 5.84 Å². The molecule has 1 atom stereocenters. The highest BCUT2D eigenvalue weighted by atomic mass is 16.6. The highest BCUT2D eigenvalue weighted by molar-refractivity contribution is 5.96. The van der Waals surface area contributed by atoms with Gasteiger partial charge in [-0.1, -0.05) is 33.8 Å². The maximum absolute atomic E-state index is 12.8. The van der Waals surface area contributed by atoms with E-state index >= 15 is 0 Å². The number of methoxy groups -OCH3 is 1. The van der Waals surface area contributed by atoms with E-state index in [1.807, 2.05) is 39.8 Å². The molecule has 1 aromatic rings. The van der Waals surface area contributed by atoms with Gasteiger partial charge in [-0.2, -0.15) is 0 Å². The molecule has 7 N–H and O–H groups in total. The van der Waals surface area contributed by atoms with Gasteiger partial charge in [-0.15, -0.1) is 0 Å². The normalized spacial score (nSPS) is 12.1. The van der Waals surface area contributed by atoms with Crippen LogP contribution in [0.3, 0.4) is 0 Å². The Bertz CT molecular complexity index is 1310. The number of hydrogen-bond acceptors (Lipinski definition) is 16. The molecule has 0 aliphatic carbocycles. The zero-order valence-corrected chi connectivity index (χ0v) is 37.3. The number of anilines is 1. The molecule has 19 heteroatoms. The second-order valence-corrected chi connectivity index (χ2v) is 14.0. The molecule has 3 amide bonds. The van der Waals surface area contributed by atoms with Crippen molar-refractivity contribution >= 4 is 23.4 Å². The van der Waals surface area contributed by atoms with E-state index in [2.05, 4.69) is 16.0 Å². The van der Waals surface area contributed by atoms with Crippen LogP contribution in [0.15, 0.2) is 30.1 Å². The van der Waals surface area contributed by atoms with E-state index < -0.39 is 17.9 Å². The Labute approximate surface area is 363 Å². The molecule has 0 heterocycles. The number of hydrazine groups is 1. The van der Waals surface area contributed by atoms with Crippen LogP contribution in [0.1, 0.15) is 51.7 Å². The average Bonchev–Trinajstić information content (AvgIpc) is 3.23. The van der Waals surface area contributed by atoms with Crippen molar-refractivity contribution in [2.75, 3.05) is 144 Å². The molecule has 0 bridgehead atoms. The lowest BCUT2D eigenvalue weighted by atomic mass is 10.0. The first-order valence-electron chi connectivity index (χ1n) is 21.3. The number of benzene rings is 1. The number of carbonyl (C=O) groups excluding carboxylic acids is 3. The van der Waals surface area contributed by atoms with Gasteiger partial charge in [0.2, 0.25) is 17.7 Å². The van der Waals surface area contributed by atoms with Gasteiger partial charge >= 0.3 is 0 Å². The third-order valence-corrected chi connectivity index (χ3v) is 8.40. The molecule has 1 aromatic carbocycles. The van der Waals surface area contributed by atoms with Crippen molar-refractivity contribution in [1.29, 1.82) is 0 Å². The first kappa shape index (κ1) is 55.5. The number of amides is 3. The fourth-order valence-corrected chi connectivity index (χ4v) is 5.18. The van der Waals surface area contributed by atoms with Gasteiger partial charge < -0.3 is 74.1 Å². The largest absolute Gasteiger partial charge is 0.399 e. The van der Waals surface area contributed by atoms with Crippen molar-refractivity contribution in [2.45, 2.75) is 59.6 Å². The first-order valence-corrected chi connectivity index (χ1v) is 21.3. The molecular formula is C42H76N6O13. The van der Waals surface area contributed by atoms with Crippen LogP contribution < -0.4 is 27.5 Å². The van der Waals surface area contributed by atoms with Crippen LogP contribution in [-0.4, -0.2) is 168 Å². The Hall–Kier alpha value is -3.47. The maximum Gasteiger partial charge on any atom is 0.243 e. The molecule has 19 nitrogen and oxygen atoms in total. The van der Waals surface area contributed by atoms with Crippen molar-refractivity contribution in [3.8, 4) is 0 Å². The summed E-state index contributed by atoms with van der Waals surface area (Å²) in [6.07, 6.45) is 3.37. The van der Waals surface area contributed by atoms with Crippen LogP contribution in [0.2, 0.25) is 0 Å². The zero-order valence-electron chi connectivity index (χ0n) is 37.3.